The Kier molecular flexibility index (Phi) is 6.31. The molecule has 6 nitrogen and oxygen atoms in total. The molecule has 1 N–H and O–H groups in total. The lowest BCUT2D eigenvalue weighted by Crippen LogP contribution is -2.35. The Morgan fingerprint density at radius 2 is 1.91 bits per heavy atom. The number of alkyl halides is 3. The van der Waals surface area contributed by atoms with E-state index in [1.165, 1.54) is 18.5 Å². The number of nitrogens with zero attached hydrogens (tertiary/aromatic N) is 3. The molecule has 2 aliphatic rings. The maximum atomic E-state index is 12.9. The van der Waals surface area contributed by atoms with Crippen molar-refractivity contribution in [3.63, 3.8) is 0 Å². The summed E-state index contributed by atoms with van der Waals surface area (Å²) in [6.45, 7) is 4.66. The van der Waals surface area contributed by atoms with Gasteiger partial charge >= 0.3 is 6.18 Å². The van der Waals surface area contributed by atoms with E-state index >= 15 is 0 Å². The average Bonchev–Trinajstić information content (AvgIpc) is 3.16. The zero-order valence-corrected chi connectivity index (χ0v) is 18.3. The molecule has 1 unspecified atom stereocenters. The molecule has 1 aromatic heterocycles. The number of benzene rings is 1. The van der Waals surface area contributed by atoms with E-state index in [0.29, 0.717) is 17.7 Å². The van der Waals surface area contributed by atoms with Crippen molar-refractivity contribution in [1.82, 2.24) is 14.9 Å². The zero-order valence-electron chi connectivity index (χ0n) is 17.6. The van der Waals surface area contributed by atoms with E-state index in [4.69, 9.17) is 16.3 Å². The molecule has 2 saturated heterocycles. The van der Waals surface area contributed by atoms with E-state index in [1.807, 2.05) is 4.90 Å². The van der Waals surface area contributed by atoms with Crippen LogP contribution >= 0.6 is 11.6 Å². The molecule has 0 aliphatic carbocycles. The molecule has 32 heavy (non-hydrogen) atoms. The second-order valence-corrected chi connectivity index (χ2v) is 8.89. The number of halogens is 4. The van der Waals surface area contributed by atoms with Gasteiger partial charge in [0, 0.05) is 43.7 Å². The molecule has 2 fully saturated rings. The van der Waals surface area contributed by atoms with Gasteiger partial charge in [0.15, 0.2) is 0 Å². The minimum absolute atomic E-state index is 0.00250. The van der Waals surface area contributed by atoms with Crippen molar-refractivity contribution in [2.24, 2.45) is 5.41 Å². The van der Waals surface area contributed by atoms with Gasteiger partial charge < -0.3 is 15.0 Å². The quantitative estimate of drug-likeness (QED) is 0.686. The molecular formula is C22H24ClF3N4O2. The summed E-state index contributed by atoms with van der Waals surface area (Å²) in [4.78, 5) is 23.1. The molecule has 172 valence electrons. The summed E-state index contributed by atoms with van der Waals surface area (Å²) < 4.78 is 44.0. The van der Waals surface area contributed by atoms with Crippen molar-refractivity contribution in [2.45, 2.75) is 38.4 Å². The van der Waals surface area contributed by atoms with Crippen LogP contribution in [-0.2, 0) is 10.9 Å². The standard InChI is InChI=1S/C22H24ClF3N4O2/c1-14(17-3-2-16(10-18(17)23)22(24,25)26)29-20-27-11-15(12-28-20)19(31)30-7-4-21(13-30)5-8-32-9-6-21/h2-3,10-12,14H,4-9,13H2,1H3,(H,27,28,29). The van der Waals surface area contributed by atoms with E-state index < -0.39 is 17.8 Å². The molecule has 3 heterocycles. The molecule has 0 radical (unpaired) electrons. The van der Waals surface area contributed by atoms with E-state index in [0.717, 1.165) is 51.2 Å². The summed E-state index contributed by atoms with van der Waals surface area (Å²) in [5.74, 6) is 0.158. The summed E-state index contributed by atoms with van der Waals surface area (Å²) in [5, 5.41) is 3.02. The number of likely N-dealkylation sites (tertiary alicyclic amines) is 1. The number of nitrogens with one attached hydrogen (secondary N) is 1. The highest BCUT2D eigenvalue weighted by atomic mass is 35.5. The van der Waals surface area contributed by atoms with Crippen LogP contribution in [0.4, 0.5) is 19.1 Å². The smallest absolute Gasteiger partial charge is 0.381 e. The van der Waals surface area contributed by atoms with E-state index in [1.54, 1.807) is 6.92 Å². The summed E-state index contributed by atoms with van der Waals surface area (Å²) in [5.41, 5.74) is 0.247. The first kappa shape index (κ1) is 22.8. The van der Waals surface area contributed by atoms with Gasteiger partial charge in [-0.3, -0.25) is 4.79 Å². The van der Waals surface area contributed by atoms with Crippen LogP contribution in [0.25, 0.3) is 0 Å². The van der Waals surface area contributed by atoms with Gasteiger partial charge in [-0.1, -0.05) is 17.7 Å². The maximum absolute atomic E-state index is 12.9. The topological polar surface area (TPSA) is 67.4 Å². The summed E-state index contributed by atoms with van der Waals surface area (Å²) >= 11 is 6.06. The third-order valence-electron chi connectivity index (χ3n) is 6.32. The Morgan fingerprint density at radius 3 is 2.53 bits per heavy atom. The van der Waals surface area contributed by atoms with Gasteiger partial charge in [-0.2, -0.15) is 13.2 Å². The lowest BCUT2D eigenvalue weighted by Gasteiger charge is -2.33. The normalized spacial score (nSPS) is 19.2. The van der Waals surface area contributed by atoms with Gasteiger partial charge in [-0.25, -0.2) is 9.97 Å². The fraction of sp³-hybridized carbons (Fsp3) is 0.500. The Balaban J connectivity index is 1.39. The Labute approximate surface area is 189 Å². The van der Waals surface area contributed by atoms with Crippen molar-refractivity contribution in [2.75, 3.05) is 31.6 Å². The number of amides is 1. The number of ether oxygens (including phenoxy) is 1. The van der Waals surface area contributed by atoms with E-state index in [-0.39, 0.29) is 22.3 Å². The van der Waals surface area contributed by atoms with Crippen LogP contribution in [0.5, 0.6) is 0 Å². The summed E-state index contributed by atoms with van der Waals surface area (Å²) in [6, 6.07) is 2.79. The van der Waals surface area contributed by atoms with Gasteiger partial charge in [0.05, 0.1) is 17.2 Å². The molecule has 2 aromatic rings. The predicted octanol–water partition coefficient (Wildman–Crippen LogP) is 4.96. The third-order valence-corrected chi connectivity index (χ3v) is 6.65. The summed E-state index contributed by atoms with van der Waals surface area (Å²) in [7, 11) is 0. The molecule has 1 spiro atoms. The van der Waals surface area contributed by atoms with Crippen molar-refractivity contribution in [1.29, 1.82) is 0 Å². The zero-order chi connectivity index (χ0) is 22.9. The molecule has 0 saturated carbocycles. The van der Waals surface area contributed by atoms with Crippen LogP contribution in [0.1, 0.15) is 53.7 Å². The molecule has 0 bridgehead atoms. The van der Waals surface area contributed by atoms with Gasteiger partial charge in [-0.15, -0.1) is 0 Å². The molecule has 10 heteroatoms. The molecule has 2 aliphatic heterocycles. The molecule has 1 atom stereocenters. The number of hydrogen-bond acceptors (Lipinski definition) is 5. The van der Waals surface area contributed by atoms with Crippen molar-refractivity contribution in [3.05, 3.63) is 52.3 Å². The fourth-order valence-electron chi connectivity index (χ4n) is 4.34. The van der Waals surface area contributed by atoms with Crippen LogP contribution in [-0.4, -0.2) is 47.1 Å². The lowest BCUT2D eigenvalue weighted by atomic mass is 9.80. The maximum Gasteiger partial charge on any atom is 0.416 e. The predicted molar refractivity (Wildman–Crippen MR) is 114 cm³/mol. The van der Waals surface area contributed by atoms with Crippen LogP contribution in [0.2, 0.25) is 5.02 Å². The number of rotatable bonds is 4. The van der Waals surface area contributed by atoms with Crippen LogP contribution < -0.4 is 5.32 Å². The second kappa shape index (κ2) is 8.86. The van der Waals surface area contributed by atoms with Gasteiger partial charge in [0.2, 0.25) is 5.95 Å². The summed E-state index contributed by atoms with van der Waals surface area (Å²) in [6.07, 6.45) is 1.40. The number of carbonyl (C=O) groups is 1. The van der Waals surface area contributed by atoms with Crippen molar-refractivity contribution < 1.29 is 22.7 Å². The molecule has 1 amide bonds. The highest BCUT2D eigenvalue weighted by Gasteiger charge is 2.41. The lowest BCUT2D eigenvalue weighted by molar-refractivity contribution is -0.137. The third kappa shape index (κ3) is 4.83. The van der Waals surface area contributed by atoms with Crippen LogP contribution in [0, 0.1) is 5.41 Å². The van der Waals surface area contributed by atoms with E-state index in [9.17, 15) is 18.0 Å². The van der Waals surface area contributed by atoms with Gasteiger partial charge in [0.1, 0.15) is 0 Å². The van der Waals surface area contributed by atoms with Crippen LogP contribution in [0.3, 0.4) is 0 Å². The van der Waals surface area contributed by atoms with E-state index in [2.05, 4.69) is 15.3 Å². The van der Waals surface area contributed by atoms with Crippen molar-refractivity contribution >= 4 is 23.5 Å². The Morgan fingerprint density at radius 1 is 1.22 bits per heavy atom. The minimum atomic E-state index is -4.45. The largest absolute Gasteiger partial charge is 0.416 e. The Hall–Kier alpha value is -2.39. The van der Waals surface area contributed by atoms with Crippen molar-refractivity contribution in [3.8, 4) is 0 Å². The first-order chi connectivity index (χ1) is 15.2. The van der Waals surface area contributed by atoms with Crippen LogP contribution in [0.15, 0.2) is 30.6 Å². The first-order valence-corrected chi connectivity index (χ1v) is 10.9. The molecule has 4 rings (SSSR count). The molecular weight excluding hydrogens is 445 g/mol. The number of aromatic nitrogens is 2. The highest BCUT2D eigenvalue weighted by molar-refractivity contribution is 6.31. The highest BCUT2D eigenvalue weighted by Crippen LogP contribution is 2.40. The monoisotopic (exact) mass is 468 g/mol. The Bertz CT molecular complexity index is 978. The first-order valence-electron chi connectivity index (χ1n) is 10.5. The molecule has 1 aromatic carbocycles. The number of carbonyl (C=O) groups excluding carboxylic acids is 1. The fourth-order valence-corrected chi connectivity index (χ4v) is 4.69. The van der Waals surface area contributed by atoms with Gasteiger partial charge in [0.25, 0.3) is 5.91 Å². The minimum Gasteiger partial charge on any atom is -0.381 e. The second-order valence-electron chi connectivity index (χ2n) is 8.48. The van der Waals surface area contributed by atoms with Gasteiger partial charge in [-0.05, 0) is 49.3 Å². The number of hydrogen-bond donors (Lipinski definition) is 1. The average molecular weight is 469 g/mol. The SMILES string of the molecule is CC(Nc1ncc(C(=O)N2CCC3(CCOCC3)C2)cn1)c1ccc(C(F)(F)F)cc1Cl. The number of anilines is 1.